The number of aromatic nitrogens is 1. The maximum absolute atomic E-state index is 13.4. The summed E-state index contributed by atoms with van der Waals surface area (Å²) in [7, 11) is 4.15. The van der Waals surface area contributed by atoms with E-state index in [4.69, 9.17) is 0 Å². The fourth-order valence-corrected chi connectivity index (χ4v) is 3.71. The highest BCUT2D eigenvalue weighted by Crippen LogP contribution is 2.34. The molecule has 4 heteroatoms. The second-order valence-corrected chi connectivity index (χ2v) is 6.76. The van der Waals surface area contributed by atoms with Crippen molar-refractivity contribution in [2.75, 3.05) is 33.2 Å². The van der Waals surface area contributed by atoms with Crippen molar-refractivity contribution >= 4 is 16.8 Å². The van der Waals surface area contributed by atoms with Crippen LogP contribution in [-0.4, -0.2) is 53.5 Å². The number of hydrogen-bond acceptors (Lipinski definition) is 2. The highest BCUT2D eigenvalue weighted by molar-refractivity contribution is 6.12. The summed E-state index contributed by atoms with van der Waals surface area (Å²) in [4.78, 5) is 17.7. The number of amides is 1. The minimum atomic E-state index is 0.142. The van der Waals surface area contributed by atoms with Gasteiger partial charge in [-0.3, -0.25) is 4.79 Å². The van der Waals surface area contributed by atoms with Crippen molar-refractivity contribution in [3.05, 3.63) is 60.2 Å². The number of rotatable bonds is 2. The second kappa shape index (κ2) is 6.37. The van der Waals surface area contributed by atoms with Gasteiger partial charge in [0.1, 0.15) is 0 Å². The lowest BCUT2D eigenvalue weighted by molar-refractivity contribution is 0.0666. The first-order valence-electron chi connectivity index (χ1n) is 8.77. The zero-order valence-electron chi connectivity index (χ0n) is 14.8. The number of piperazine rings is 1. The molecule has 1 aliphatic rings. The molecular formula is C21H23N3O. The van der Waals surface area contributed by atoms with Crippen LogP contribution in [0.5, 0.6) is 0 Å². The lowest BCUT2D eigenvalue weighted by Crippen LogP contribution is -2.47. The number of para-hydroxylation sites is 1. The van der Waals surface area contributed by atoms with Crippen molar-refractivity contribution in [3.63, 3.8) is 0 Å². The Balaban J connectivity index is 1.88. The van der Waals surface area contributed by atoms with Gasteiger partial charge in [-0.25, -0.2) is 0 Å². The smallest absolute Gasteiger partial charge is 0.256 e. The zero-order chi connectivity index (χ0) is 17.4. The van der Waals surface area contributed by atoms with E-state index in [0.717, 1.165) is 53.9 Å². The van der Waals surface area contributed by atoms with E-state index in [-0.39, 0.29) is 5.91 Å². The number of aryl methyl sites for hydroxylation is 1. The number of nitrogens with zero attached hydrogens (tertiary/aromatic N) is 3. The van der Waals surface area contributed by atoms with Gasteiger partial charge in [0.15, 0.2) is 0 Å². The Morgan fingerprint density at radius 2 is 1.48 bits per heavy atom. The topological polar surface area (TPSA) is 28.5 Å². The summed E-state index contributed by atoms with van der Waals surface area (Å²) in [5.74, 6) is 0.142. The average molecular weight is 333 g/mol. The fraction of sp³-hybridized carbons (Fsp3) is 0.286. The van der Waals surface area contributed by atoms with E-state index in [9.17, 15) is 4.79 Å². The predicted molar refractivity (Wildman–Crippen MR) is 102 cm³/mol. The van der Waals surface area contributed by atoms with E-state index in [1.54, 1.807) is 0 Å². The molecule has 1 aliphatic heterocycles. The molecule has 1 amide bonds. The van der Waals surface area contributed by atoms with Crippen LogP contribution in [0.15, 0.2) is 54.6 Å². The van der Waals surface area contributed by atoms with Crippen LogP contribution in [-0.2, 0) is 7.05 Å². The van der Waals surface area contributed by atoms with Gasteiger partial charge in [-0.05, 0) is 18.7 Å². The van der Waals surface area contributed by atoms with E-state index in [2.05, 4.69) is 40.8 Å². The lowest BCUT2D eigenvalue weighted by atomic mass is 10.0. The molecule has 0 atom stereocenters. The van der Waals surface area contributed by atoms with Crippen LogP contribution in [0.3, 0.4) is 0 Å². The summed E-state index contributed by atoms with van der Waals surface area (Å²) in [5.41, 5.74) is 4.01. The molecule has 0 saturated carbocycles. The third-order valence-corrected chi connectivity index (χ3v) is 5.16. The first-order valence-corrected chi connectivity index (χ1v) is 8.77. The summed E-state index contributed by atoms with van der Waals surface area (Å²) in [6.07, 6.45) is 0. The third-order valence-electron chi connectivity index (χ3n) is 5.16. The summed E-state index contributed by atoms with van der Waals surface area (Å²) < 4.78 is 2.15. The molecule has 1 fully saturated rings. The Hall–Kier alpha value is -2.59. The lowest BCUT2D eigenvalue weighted by Gasteiger charge is -2.32. The summed E-state index contributed by atoms with van der Waals surface area (Å²) in [6.45, 7) is 3.42. The largest absolute Gasteiger partial charge is 0.343 e. The Morgan fingerprint density at radius 1 is 0.840 bits per heavy atom. The van der Waals surface area contributed by atoms with E-state index in [0.29, 0.717) is 0 Å². The highest BCUT2D eigenvalue weighted by Gasteiger charge is 2.27. The minimum Gasteiger partial charge on any atom is -0.343 e. The standard InChI is InChI=1S/C21H23N3O/c1-22-12-14-24(15-13-22)21(25)19-17-10-6-7-11-18(17)23(2)20(19)16-8-4-3-5-9-16/h3-11H,12-15H2,1-2H3. The number of hydrogen-bond donors (Lipinski definition) is 0. The SMILES string of the molecule is CN1CCN(C(=O)c2c(-c3ccccc3)n(C)c3ccccc23)CC1. The van der Waals surface area contributed by atoms with Crippen LogP contribution in [0.25, 0.3) is 22.2 Å². The number of likely N-dealkylation sites (N-methyl/N-ethyl adjacent to an activating group) is 1. The van der Waals surface area contributed by atoms with Gasteiger partial charge in [-0.2, -0.15) is 0 Å². The van der Waals surface area contributed by atoms with Crippen LogP contribution in [0.4, 0.5) is 0 Å². The molecule has 2 aromatic carbocycles. The fourth-order valence-electron chi connectivity index (χ4n) is 3.71. The van der Waals surface area contributed by atoms with Gasteiger partial charge in [0, 0.05) is 44.1 Å². The molecule has 4 rings (SSSR count). The van der Waals surface area contributed by atoms with Crippen LogP contribution in [0.2, 0.25) is 0 Å². The predicted octanol–water partition coefficient (Wildman–Crippen LogP) is 3.23. The van der Waals surface area contributed by atoms with Crippen molar-refractivity contribution < 1.29 is 4.79 Å². The first-order chi connectivity index (χ1) is 12.2. The molecule has 0 radical (unpaired) electrons. The van der Waals surface area contributed by atoms with Crippen LogP contribution < -0.4 is 0 Å². The zero-order valence-corrected chi connectivity index (χ0v) is 14.8. The molecule has 25 heavy (non-hydrogen) atoms. The van der Waals surface area contributed by atoms with Crippen molar-refractivity contribution in [2.45, 2.75) is 0 Å². The number of carbonyl (C=O) groups is 1. The minimum absolute atomic E-state index is 0.142. The summed E-state index contributed by atoms with van der Waals surface area (Å²) in [5, 5.41) is 1.03. The van der Waals surface area contributed by atoms with Crippen LogP contribution in [0, 0.1) is 0 Å². The van der Waals surface area contributed by atoms with Crippen molar-refractivity contribution in [2.24, 2.45) is 7.05 Å². The second-order valence-electron chi connectivity index (χ2n) is 6.76. The van der Waals surface area contributed by atoms with Crippen LogP contribution in [0.1, 0.15) is 10.4 Å². The maximum atomic E-state index is 13.4. The molecule has 0 bridgehead atoms. The molecule has 3 aromatic rings. The molecular weight excluding hydrogens is 310 g/mol. The Bertz CT molecular complexity index is 906. The highest BCUT2D eigenvalue weighted by atomic mass is 16.2. The summed E-state index contributed by atoms with van der Waals surface area (Å²) in [6, 6.07) is 18.4. The molecule has 4 nitrogen and oxygen atoms in total. The van der Waals surface area contributed by atoms with E-state index in [1.165, 1.54) is 0 Å². The van der Waals surface area contributed by atoms with E-state index >= 15 is 0 Å². The molecule has 1 saturated heterocycles. The van der Waals surface area contributed by atoms with Gasteiger partial charge >= 0.3 is 0 Å². The number of fused-ring (bicyclic) bond motifs is 1. The molecule has 2 heterocycles. The van der Waals surface area contributed by atoms with Crippen molar-refractivity contribution in [1.29, 1.82) is 0 Å². The van der Waals surface area contributed by atoms with E-state index in [1.807, 2.05) is 42.3 Å². The quantitative estimate of drug-likeness (QED) is 0.720. The van der Waals surface area contributed by atoms with Gasteiger partial charge in [0.2, 0.25) is 0 Å². The Kier molecular flexibility index (Phi) is 4.06. The normalized spacial score (nSPS) is 15.7. The van der Waals surface area contributed by atoms with Crippen molar-refractivity contribution in [3.8, 4) is 11.3 Å². The Morgan fingerprint density at radius 3 is 2.20 bits per heavy atom. The molecule has 0 unspecified atom stereocenters. The Labute approximate surface area is 148 Å². The maximum Gasteiger partial charge on any atom is 0.256 e. The molecule has 128 valence electrons. The van der Waals surface area contributed by atoms with Crippen LogP contribution >= 0.6 is 0 Å². The molecule has 0 spiro atoms. The van der Waals surface area contributed by atoms with Gasteiger partial charge in [-0.1, -0.05) is 48.5 Å². The summed E-state index contributed by atoms with van der Waals surface area (Å²) >= 11 is 0. The van der Waals surface area contributed by atoms with Gasteiger partial charge in [-0.15, -0.1) is 0 Å². The van der Waals surface area contributed by atoms with Crippen molar-refractivity contribution in [1.82, 2.24) is 14.4 Å². The first kappa shape index (κ1) is 15.9. The third kappa shape index (κ3) is 2.72. The van der Waals surface area contributed by atoms with E-state index < -0.39 is 0 Å². The van der Waals surface area contributed by atoms with Gasteiger partial charge in [0.25, 0.3) is 5.91 Å². The molecule has 0 aliphatic carbocycles. The molecule has 0 N–H and O–H groups in total. The monoisotopic (exact) mass is 333 g/mol. The van der Waals surface area contributed by atoms with Gasteiger partial charge < -0.3 is 14.4 Å². The van der Waals surface area contributed by atoms with Gasteiger partial charge in [0.05, 0.1) is 11.3 Å². The average Bonchev–Trinajstić information content (AvgIpc) is 2.95. The molecule has 1 aromatic heterocycles. The number of benzene rings is 2. The number of carbonyl (C=O) groups excluding carboxylic acids is 1.